The van der Waals surface area contributed by atoms with E-state index in [1.165, 1.54) is 0 Å². The lowest BCUT2D eigenvalue weighted by molar-refractivity contribution is -0.138. The Bertz CT molecular complexity index is 1140. The maximum Gasteiger partial charge on any atom is 0.279 e. The summed E-state index contributed by atoms with van der Waals surface area (Å²) in [5.74, 6) is -0.383. The van der Waals surface area contributed by atoms with Crippen LogP contribution in [-0.2, 0) is 16.1 Å². The molecule has 0 atom stereocenters. The number of hydrogen-bond acceptors (Lipinski definition) is 6. The third-order valence-corrected chi connectivity index (χ3v) is 5.30. The highest BCUT2D eigenvalue weighted by atomic mass is 79.9. The van der Waals surface area contributed by atoms with E-state index in [4.69, 9.17) is 16.3 Å². The molecule has 152 valence electrons. The van der Waals surface area contributed by atoms with Gasteiger partial charge in [0.15, 0.2) is 0 Å². The van der Waals surface area contributed by atoms with Crippen LogP contribution in [-0.4, -0.2) is 38.8 Å². The summed E-state index contributed by atoms with van der Waals surface area (Å²) < 4.78 is 7.58. The average Bonchev–Trinajstić information content (AvgIpc) is 3.31. The van der Waals surface area contributed by atoms with Gasteiger partial charge in [-0.1, -0.05) is 32.7 Å². The molecule has 30 heavy (non-hydrogen) atoms. The van der Waals surface area contributed by atoms with Crippen molar-refractivity contribution in [3.8, 4) is 11.4 Å². The van der Waals surface area contributed by atoms with Crippen molar-refractivity contribution in [3.63, 3.8) is 0 Å². The van der Waals surface area contributed by atoms with Gasteiger partial charge in [-0.25, -0.2) is 4.68 Å². The summed E-state index contributed by atoms with van der Waals surface area (Å²) in [5.41, 5.74) is 1.88. The van der Waals surface area contributed by atoms with Crippen LogP contribution in [0.25, 0.3) is 5.69 Å². The van der Waals surface area contributed by atoms with Crippen molar-refractivity contribution in [2.45, 2.75) is 6.54 Å². The van der Waals surface area contributed by atoms with E-state index >= 15 is 0 Å². The molecule has 0 spiro atoms. The van der Waals surface area contributed by atoms with E-state index in [9.17, 15) is 9.59 Å². The Morgan fingerprint density at radius 3 is 2.43 bits per heavy atom. The summed E-state index contributed by atoms with van der Waals surface area (Å²) in [5, 5.41) is 10.9. The van der Waals surface area contributed by atoms with Crippen LogP contribution in [0.2, 0.25) is 0 Å². The van der Waals surface area contributed by atoms with Gasteiger partial charge in [-0.3, -0.25) is 14.5 Å². The second-order valence-electron chi connectivity index (χ2n) is 6.37. The molecule has 2 aromatic carbocycles. The Morgan fingerprint density at radius 1 is 1.07 bits per heavy atom. The van der Waals surface area contributed by atoms with Gasteiger partial charge < -0.3 is 10.1 Å². The van der Waals surface area contributed by atoms with Gasteiger partial charge in [-0.2, -0.15) is 0 Å². The summed E-state index contributed by atoms with van der Waals surface area (Å²) in [7, 11) is 1.59. The number of carbonyl (C=O) groups is 2. The third-order valence-electron chi connectivity index (χ3n) is 4.42. The quantitative estimate of drug-likeness (QED) is 0.535. The molecule has 3 aromatic rings. The van der Waals surface area contributed by atoms with Crippen molar-refractivity contribution in [2.24, 2.45) is 0 Å². The predicted molar refractivity (Wildman–Crippen MR) is 114 cm³/mol. The summed E-state index contributed by atoms with van der Waals surface area (Å²) in [6.07, 6.45) is 1.65. The maximum absolute atomic E-state index is 12.8. The van der Waals surface area contributed by atoms with Crippen LogP contribution in [0.5, 0.6) is 5.75 Å². The fourth-order valence-electron chi connectivity index (χ4n) is 2.87. The second kappa shape index (κ2) is 8.29. The van der Waals surface area contributed by atoms with E-state index in [-0.39, 0.29) is 17.3 Å². The zero-order chi connectivity index (χ0) is 21.3. The first-order chi connectivity index (χ1) is 14.5. The van der Waals surface area contributed by atoms with Gasteiger partial charge in [0, 0.05) is 10.2 Å². The Balaban J connectivity index is 1.49. The van der Waals surface area contributed by atoms with Crippen LogP contribution in [0.1, 0.15) is 5.69 Å². The minimum Gasteiger partial charge on any atom is -0.497 e. The molecule has 0 radical (unpaired) electrons. The molecule has 2 amide bonds. The van der Waals surface area contributed by atoms with E-state index in [1.807, 2.05) is 24.3 Å². The first-order valence-electron chi connectivity index (χ1n) is 8.80. The number of nitrogens with zero attached hydrogens (tertiary/aromatic N) is 4. The van der Waals surface area contributed by atoms with Crippen LogP contribution in [0.4, 0.5) is 5.69 Å². The van der Waals surface area contributed by atoms with Gasteiger partial charge in [0.25, 0.3) is 11.8 Å². The highest BCUT2D eigenvalue weighted by Crippen LogP contribution is 2.27. The number of halogens is 2. The van der Waals surface area contributed by atoms with Crippen LogP contribution in [0.15, 0.2) is 69.9 Å². The molecular formula is C20H15BrClN5O3. The minimum absolute atomic E-state index is 0.0338. The standard InChI is InChI=1S/C20H15BrClN5O3/c1-30-16-8-6-15(7-9-16)27-11-14(24-25-27)10-26-19(28)17(22)18(20(26)29)23-13-4-2-12(21)3-5-13/h2-9,11,23H,10H2,1H3. The lowest BCUT2D eigenvalue weighted by Crippen LogP contribution is -2.32. The lowest BCUT2D eigenvalue weighted by atomic mass is 10.3. The van der Waals surface area contributed by atoms with Crippen molar-refractivity contribution in [1.29, 1.82) is 0 Å². The molecule has 0 saturated heterocycles. The number of rotatable bonds is 6. The predicted octanol–water partition coefficient (Wildman–Crippen LogP) is 3.47. The average molecular weight is 489 g/mol. The molecule has 0 fully saturated rings. The van der Waals surface area contributed by atoms with Gasteiger partial charge in [0.05, 0.1) is 25.5 Å². The number of anilines is 1. The van der Waals surface area contributed by atoms with Crippen LogP contribution in [0.3, 0.4) is 0 Å². The fraction of sp³-hybridized carbons (Fsp3) is 0.100. The number of nitrogens with one attached hydrogen (secondary N) is 1. The summed E-state index contributed by atoms with van der Waals surface area (Å²) in [4.78, 5) is 26.3. The van der Waals surface area contributed by atoms with E-state index < -0.39 is 11.8 Å². The van der Waals surface area contributed by atoms with Gasteiger partial charge in [0.1, 0.15) is 22.2 Å². The largest absolute Gasteiger partial charge is 0.497 e. The van der Waals surface area contributed by atoms with E-state index in [2.05, 4.69) is 31.6 Å². The lowest BCUT2D eigenvalue weighted by Gasteiger charge is -2.13. The molecule has 8 nitrogen and oxygen atoms in total. The Labute approximate surface area is 185 Å². The molecule has 0 unspecified atom stereocenters. The van der Waals surface area contributed by atoms with Gasteiger partial charge in [-0.05, 0) is 48.5 Å². The number of methoxy groups -OCH3 is 1. The Morgan fingerprint density at radius 2 is 1.77 bits per heavy atom. The highest BCUT2D eigenvalue weighted by Gasteiger charge is 2.38. The normalized spacial score (nSPS) is 13.9. The summed E-state index contributed by atoms with van der Waals surface area (Å²) in [6, 6.07) is 14.4. The van der Waals surface area contributed by atoms with Crippen LogP contribution in [0, 0.1) is 0 Å². The third kappa shape index (κ3) is 3.94. The Kier molecular flexibility index (Phi) is 5.56. The number of aromatic nitrogens is 3. The van der Waals surface area contributed by atoms with E-state index in [0.29, 0.717) is 11.4 Å². The first kappa shape index (κ1) is 20.1. The van der Waals surface area contributed by atoms with Crippen molar-refractivity contribution in [2.75, 3.05) is 12.4 Å². The number of amides is 2. The molecule has 0 aliphatic carbocycles. The monoisotopic (exact) mass is 487 g/mol. The fourth-order valence-corrected chi connectivity index (χ4v) is 3.36. The maximum atomic E-state index is 12.8. The van der Waals surface area contributed by atoms with Crippen LogP contribution >= 0.6 is 27.5 Å². The molecular weight excluding hydrogens is 474 g/mol. The number of benzene rings is 2. The van der Waals surface area contributed by atoms with E-state index in [0.717, 1.165) is 20.8 Å². The van der Waals surface area contributed by atoms with Crippen molar-refractivity contribution in [3.05, 3.63) is 75.6 Å². The van der Waals surface area contributed by atoms with Crippen molar-refractivity contribution < 1.29 is 14.3 Å². The van der Waals surface area contributed by atoms with E-state index in [1.54, 1.807) is 42.3 Å². The number of carbonyl (C=O) groups excluding carboxylic acids is 2. The smallest absolute Gasteiger partial charge is 0.279 e. The van der Waals surface area contributed by atoms with Crippen molar-refractivity contribution >= 4 is 45.0 Å². The molecule has 1 N–H and O–H groups in total. The molecule has 10 heteroatoms. The summed E-state index contributed by atoms with van der Waals surface area (Å²) >= 11 is 9.49. The zero-order valence-corrected chi connectivity index (χ0v) is 18.0. The zero-order valence-electron chi connectivity index (χ0n) is 15.7. The molecule has 0 bridgehead atoms. The van der Waals surface area contributed by atoms with Gasteiger partial charge in [-0.15, -0.1) is 5.10 Å². The van der Waals surface area contributed by atoms with Crippen LogP contribution < -0.4 is 10.1 Å². The van der Waals surface area contributed by atoms with Gasteiger partial charge >= 0.3 is 0 Å². The highest BCUT2D eigenvalue weighted by molar-refractivity contribution is 9.10. The molecule has 1 aliphatic heterocycles. The summed E-state index contributed by atoms with van der Waals surface area (Å²) in [6.45, 7) is -0.0461. The second-order valence-corrected chi connectivity index (χ2v) is 7.66. The molecule has 4 rings (SSSR count). The number of imide groups is 1. The molecule has 1 aliphatic rings. The minimum atomic E-state index is -0.583. The molecule has 2 heterocycles. The SMILES string of the molecule is COc1ccc(-n2cc(CN3C(=O)C(Cl)=C(Nc4ccc(Br)cc4)C3=O)nn2)cc1. The van der Waals surface area contributed by atoms with Gasteiger partial charge in [0.2, 0.25) is 0 Å². The Hall–Kier alpha value is -3.17. The number of ether oxygens (including phenoxy) is 1. The number of hydrogen-bond donors (Lipinski definition) is 1. The molecule has 1 aromatic heterocycles. The topological polar surface area (TPSA) is 89.4 Å². The first-order valence-corrected chi connectivity index (χ1v) is 9.97. The molecule has 0 saturated carbocycles. The van der Waals surface area contributed by atoms with Crippen molar-refractivity contribution in [1.82, 2.24) is 19.9 Å².